The van der Waals surface area contributed by atoms with E-state index in [2.05, 4.69) is 9.97 Å². The summed E-state index contributed by atoms with van der Waals surface area (Å²) in [6, 6.07) is 11.2. The fourth-order valence-electron chi connectivity index (χ4n) is 3.77. The van der Waals surface area contributed by atoms with E-state index in [0.717, 1.165) is 0 Å². The molecule has 0 bridgehead atoms. The summed E-state index contributed by atoms with van der Waals surface area (Å²) in [5, 5.41) is 0. The number of pyridine rings is 2. The Balaban J connectivity index is 0.000000414. The van der Waals surface area contributed by atoms with E-state index in [-0.39, 0.29) is 72.7 Å². The van der Waals surface area contributed by atoms with Crippen LogP contribution in [0.15, 0.2) is 60.9 Å². The van der Waals surface area contributed by atoms with Gasteiger partial charge in [0.15, 0.2) is 0 Å². The zero-order valence-corrected chi connectivity index (χ0v) is 28.5. The fraction of sp³-hybridized carbons (Fsp3) is 0.273. The standard InChI is InChI=1S/2C14H8F6N.C5H8O2.Ir/c2*1-8-2-3-21-12(4-8)9-5-10(13(15,16)17)7-11(6-9)14(18,19)20;1-4(6)3-5(2)7;/h2*2-5,7H,1H3;3H2,1-2H3;/q2*-1;;. The van der Waals surface area contributed by atoms with E-state index in [0.29, 0.717) is 23.3 Å². The van der Waals surface area contributed by atoms with Crippen LogP contribution in [0.4, 0.5) is 52.7 Å². The third-order valence-corrected chi connectivity index (χ3v) is 5.88. The minimum Gasteiger partial charge on any atom is -0.305 e. The van der Waals surface area contributed by atoms with Crippen LogP contribution in [0, 0.1) is 26.0 Å². The van der Waals surface area contributed by atoms with Gasteiger partial charge in [0.2, 0.25) is 0 Å². The molecule has 0 aliphatic heterocycles. The molecule has 1 radical (unpaired) electrons. The molecule has 17 heteroatoms. The van der Waals surface area contributed by atoms with Gasteiger partial charge < -0.3 is 9.97 Å². The monoisotopic (exact) mass is 901 g/mol. The fourth-order valence-corrected chi connectivity index (χ4v) is 3.77. The minimum atomic E-state index is -4.92. The van der Waals surface area contributed by atoms with E-state index < -0.39 is 47.0 Å². The number of aromatic nitrogens is 2. The molecule has 2 aromatic heterocycles. The molecule has 0 aliphatic rings. The molecule has 4 rings (SSSR count). The van der Waals surface area contributed by atoms with Crippen molar-refractivity contribution in [2.45, 2.75) is 58.8 Å². The molecule has 0 spiro atoms. The molecule has 0 N–H and O–H groups in total. The largest absolute Gasteiger partial charge is 0.399 e. The molecule has 0 fully saturated rings. The molecule has 0 unspecified atom stereocenters. The maximum absolute atomic E-state index is 12.7. The number of nitrogens with zero attached hydrogens (tertiary/aromatic N) is 2. The topological polar surface area (TPSA) is 59.9 Å². The SMILES string of the molecule is CC(=O)CC(C)=O.Cc1ccnc(-c2[c-]c(C(F)(F)F)cc(C(F)(F)F)c2)c1.Cc1ccnc(-c2[c-]c(C(F)(F)F)cc(C(F)(F)F)c2)c1.[Ir]. The number of benzene rings is 2. The number of aryl methyl sites for hydroxylation is 2. The predicted molar refractivity (Wildman–Crippen MR) is 152 cm³/mol. The summed E-state index contributed by atoms with van der Waals surface area (Å²) in [6.07, 6.45) is -16.9. The van der Waals surface area contributed by atoms with Crippen LogP contribution >= 0.6 is 0 Å². The predicted octanol–water partition coefficient (Wildman–Crippen LogP) is 10.3. The second kappa shape index (κ2) is 17.2. The van der Waals surface area contributed by atoms with Crippen LogP contribution in [0.3, 0.4) is 0 Å². The van der Waals surface area contributed by atoms with Gasteiger partial charge in [0.1, 0.15) is 11.6 Å². The van der Waals surface area contributed by atoms with Crippen LogP contribution in [-0.4, -0.2) is 21.5 Å². The number of hydrogen-bond donors (Lipinski definition) is 0. The Morgan fingerprint density at radius 3 is 1.10 bits per heavy atom. The van der Waals surface area contributed by atoms with Gasteiger partial charge in [0.05, 0.1) is 6.42 Å². The second-order valence-corrected chi connectivity index (χ2v) is 10.4. The van der Waals surface area contributed by atoms with E-state index in [1.165, 1.54) is 38.4 Å². The third kappa shape index (κ3) is 14.0. The number of hydrogen-bond acceptors (Lipinski definition) is 4. The van der Waals surface area contributed by atoms with E-state index in [4.69, 9.17) is 0 Å². The van der Waals surface area contributed by atoms with Crippen LogP contribution in [0.25, 0.3) is 22.5 Å². The number of alkyl halides is 12. The van der Waals surface area contributed by atoms with Crippen molar-refractivity contribution >= 4 is 11.6 Å². The molecule has 273 valence electrons. The smallest absolute Gasteiger partial charge is 0.305 e. The second-order valence-electron chi connectivity index (χ2n) is 10.4. The van der Waals surface area contributed by atoms with Gasteiger partial charge >= 0.3 is 24.7 Å². The summed E-state index contributed by atoms with van der Waals surface area (Å²) < 4.78 is 153. The molecule has 4 nitrogen and oxygen atoms in total. The number of carbonyl (C=O) groups excluding carboxylic acids is 2. The van der Waals surface area contributed by atoms with Gasteiger partial charge in [-0.2, -0.15) is 52.7 Å². The number of Topliss-reactive ketones (excluding diaryl/α,β-unsaturated/α-hetero) is 2. The molecule has 0 amide bonds. The summed E-state index contributed by atoms with van der Waals surface area (Å²) in [5.74, 6) is -0.125. The molecule has 0 saturated heterocycles. The Labute approximate surface area is 291 Å². The van der Waals surface area contributed by atoms with E-state index >= 15 is 0 Å². The maximum Gasteiger partial charge on any atom is 0.399 e. The first-order valence-corrected chi connectivity index (χ1v) is 13.6. The van der Waals surface area contributed by atoms with Gasteiger partial charge in [-0.1, -0.05) is 23.3 Å². The molecule has 0 aliphatic carbocycles. The van der Waals surface area contributed by atoms with Gasteiger partial charge in [-0.25, -0.2) is 0 Å². The number of halogens is 12. The quantitative estimate of drug-likeness (QED) is 0.116. The van der Waals surface area contributed by atoms with Gasteiger partial charge in [0, 0.05) is 32.5 Å². The van der Waals surface area contributed by atoms with Crippen molar-refractivity contribution in [3.8, 4) is 22.5 Å². The first-order chi connectivity index (χ1) is 22.3. The van der Waals surface area contributed by atoms with Crippen LogP contribution in [0.2, 0.25) is 0 Å². The zero-order valence-electron chi connectivity index (χ0n) is 26.1. The molecule has 2 aromatic carbocycles. The van der Waals surface area contributed by atoms with Gasteiger partial charge in [-0.05, 0) is 73.5 Å². The van der Waals surface area contributed by atoms with Gasteiger partial charge in [0.25, 0.3) is 0 Å². The Kier molecular flexibility index (Phi) is 15.1. The van der Waals surface area contributed by atoms with Crippen molar-refractivity contribution in [3.05, 3.63) is 106 Å². The molecule has 2 heterocycles. The Hall–Kier alpha value is -4.11. The van der Waals surface area contributed by atoms with Crippen LogP contribution < -0.4 is 0 Å². The van der Waals surface area contributed by atoms with Crippen molar-refractivity contribution in [1.29, 1.82) is 0 Å². The first-order valence-electron chi connectivity index (χ1n) is 13.6. The number of carbonyl (C=O) groups is 2. The summed E-state index contributed by atoms with van der Waals surface area (Å²) in [7, 11) is 0. The van der Waals surface area contributed by atoms with Gasteiger partial charge in [-0.15, -0.1) is 47.5 Å². The molecule has 50 heavy (non-hydrogen) atoms. The van der Waals surface area contributed by atoms with Crippen LogP contribution in [0.5, 0.6) is 0 Å². The Morgan fingerprint density at radius 2 is 0.880 bits per heavy atom. The average Bonchev–Trinajstić information content (AvgIpc) is 2.95. The summed E-state index contributed by atoms with van der Waals surface area (Å²) >= 11 is 0. The normalized spacial score (nSPS) is 11.7. The number of ketones is 2. The van der Waals surface area contributed by atoms with Crippen LogP contribution in [0.1, 0.15) is 53.6 Å². The minimum absolute atomic E-state index is 0. The van der Waals surface area contributed by atoms with Crippen molar-refractivity contribution < 1.29 is 82.4 Å². The number of rotatable bonds is 4. The Bertz CT molecular complexity index is 1590. The molecule has 0 atom stereocenters. The van der Waals surface area contributed by atoms with Crippen molar-refractivity contribution in [3.63, 3.8) is 0 Å². The average molecular weight is 901 g/mol. The van der Waals surface area contributed by atoms with Gasteiger partial charge in [-0.3, -0.25) is 9.59 Å². The third-order valence-electron chi connectivity index (χ3n) is 5.88. The molecular weight excluding hydrogens is 877 g/mol. The van der Waals surface area contributed by atoms with Crippen molar-refractivity contribution in [1.82, 2.24) is 9.97 Å². The van der Waals surface area contributed by atoms with Crippen molar-refractivity contribution in [2.75, 3.05) is 0 Å². The summed E-state index contributed by atoms with van der Waals surface area (Å²) in [6.45, 7) is 6.12. The summed E-state index contributed by atoms with van der Waals surface area (Å²) in [5.41, 5.74) is -5.07. The van der Waals surface area contributed by atoms with E-state index in [1.807, 2.05) is 12.1 Å². The van der Waals surface area contributed by atoms with E-state index in [9.17, 15) is 62.3 Å². The van der Waals surface area contributed by atoms with E-state index in [1.54, 1.807) is 26.0 Å². The molecule has 0 saturated carbocycles. The first kappa shape index (κ1) is 43.9. The molecule has 4 aromatic rings. The summed E-state index contributed by atoms with van der Waals surface area (Å²) in [4.78, 5) is 27.6. The maximum atomic E-state index is 12.7. The zero-order chi connectivity index (χ0) is 37.5. The Morgan fingerprint density at radius 1 is 0.560 bits per heavy atom. The molecular formula is C33H24F12IrN2O2-2. The van der Waals surface area contributed by atoms with Crippen molar-refractivity contribution in [2.24, 2.45) is 0 Å². The van der Waals surface area contributed by atoms with Crippen LogP contribution in [-0.2, 0) is 54.4 Å².